The van der Waals surface area contributed by atoms with Crippen LogP contribution in [0, 0.1) is 21.4 Å². The summed E-state index contributed by atoms with van der Waals surface area (Å²) >= 11 is 6.68. The topological polar surface area (TPSA) is 137 Å². The van der Waals surface area contributed by atoms with Gasteiger partial charge in [0.2, 0.25) is 11.6 Å². The second-order valence-electron chi connectivity index (χ2n) is 7.66. The molecule has 37 heavy (non-hydrogen) atoms. The monoisotopic (exact) mass is 621 g/mol. The van der Waals surface area contributed by atoms with Crippen LogP contribution in [0.5, 0.6) is 5.75 Å². The second kappa shape index (κ2) is 9.96. The van der Waals surface area contributed by atoms with E-state index in [2.05, 4.69) is 41.9 Å². The van der Waals surface area contributed by atoms with Crippen LogP contribution in [-0.2, 0) is 0 Å². The van der Waals surface area contributed by atoms with Crippen molar-refractivity contribution >= 4 is 65.6 Å². The Morgan fingerprint density at radius 2 is 2.00 bits per heavy atom. The molecule has 0 aliphatic carbocycles. The minimum atomic E-state index is -0.628. The summed E-state index contributed by atoms with van der Waals surface area (Å²) in [6.07, 6.45) is 1.30. The van der Waals surface area contributed by atoms with Gasteiger partial charge in [-0.15, -0.1) is 0 Å². The normalized spacial score (nSPS) is 11.3. The summed E-state index contributed by atoms with van der Waals surface area (Å²) in [4.78, 5) is 29.0. The van der Waals surface area contributed by atoms with E-state index in [-0.39, 0.29) is 28.3 Å². The molecule has 0 amide bonds. The van der Waals surface area contributed by atoms with Gasteiger partial charge in [-0.25, -0.2) is 4.98 Å². The number of aromatic nitrogens is 2. The van der Waals surface area contributed by atoms with Crippen molar-refractivity contribution < 1.29 is 14.1 Å². The maximum Gasteiger partial charge on any atom is 0.312 e. The Morgan fingerprint density at radius 3 is 2.78 bits per heavy atom. The van der Waals surface area contributed by atoms with Crippen molar-refractivity contribution in [3.63, 3.8) is 0 Å². The molecule has 0 saturated carbocycles. The average molecular weight is 623 g/mol. The molecule has 0 N–H and O–H groups in total. The molecule has 0 fully saturated rings. The first kappa shape index (κ1) is 24.4. The van der Waals surface area contributed by atoms with Crippen LogP contribution in [0.1, 0.15) is 5.56 Å². The van der Waals surface area contributed by atoms with E-state index in [1.165, 1.54) is 18.3 Å². The molecule has 0 saturated heterocycles. The Balaban J connectivity index is 1.67. The van der Waals surface area contributed by atoms with Crippen LogP contribution in [0.25, 0.3) is 33.5 Å². The van der Waals surface area contributed by atoms with Gasteiger partial charge >= 0.3 is 5.69 Å². The Bertz CT molecular complexity index is 1840. The summed E-state index contributed by atoms with van der Waals surface area (Å²) in [5.74, 6) is 0.401. The van der Waals surface area contributed by atoms with Crippen LogP contribution in [0.2, 0.25) is 0 Å². The molecule has 0 unspecified atom stereocenters. The summed E-state index contributed by atoms with van der Waals surface area (Å²) in [7, 11) is 0. The summed E-state index contributed by atoms with van der Waals surface area (Å²) in [5, 5.41) is 25.9. The highest BCUT2D eigenvalue weighted by molar-refractivity contribution is 9.10. The highest BCUT2D eigenvalue weighted by Gasteiger charge is 2.21. The number of nitro benzene ring substituents is 1. The Kier molecular flexibility index (Phi) is 6.56. The highest BCUT2D eigenvalue weighted by atomic mass is 79.9. The van der Waals surface area contributed by atoms with E-state index in [0.29, 0.717) is 27.8 Å². The number of ether oxygens (including phenoxy) is 1. The molecule has 5 rings (SSSR count). The van der Waals surface area contributed by atoms with E-state index < -0.39 is 10.5 Å². The fraction of sp³-hybridized carbons (Fsp3) is 0.0400. The quantitative estimate of drug-likeness (QED) is 0.128. The van der Waals surface area contributed by atoms with E-state index in [9.17, 15) is 14.9 Å². The van der Waals surface area contributed by atoms with Crippen molar-refractivity contribution in [1.82, 2.24) is 9.66 Å². The number of benzene rings is 3. The lowest BCUT2D eigenvalue weighted by atomic mass is 10.2. The SMILES string of the molecule is N#CCOc1c(Br)cc(C=Nn2c(-c3cc4cc(Br)ccc4o3)nc3ccccc3c2=O)cc1[N+](=O)[O-]. The predicted molar refractivity (Wildman–Crippen MR) is 144 cm³/mol. The molecule has 3 aromatic carbocycles. The first-order valence-electron chi connectivity index (χ1n) is 10.6. The average Bonchev–Trinajstić information content (AvgIpc) is 3.30. The summed E-state index contributed by atoms with van der Waals surface area (Å²) in [6.45, 7) is -0.359. The molecular weight excluding hydrogens is 610 g/mol. The Labute approximate surface area is 224 Å². The lowest BCUT2D eigenvalue weighted by Gasteiger charge is -2.08. The fourth-order valence-electron chi connectivity index (χ4n) is 3.70. The van der Waals surface area contributed by atoms with E-state index in [0.717, 1.165) is 14.5 Å². The highest BCUT2D eigenvalue weighted by Crippen LogP contribution is 2.36. The van der Waals surface area contributed by atoms with Crippen molar-refractivity contribution in [2.45, 2.75) is 0 Å². The van der Waals surface area contributed by atoms with Gasteiger partial charge in [-0.1, -0.05) is 28.1 Å². The van der Waals surface area contributed by atoms with Crippen molar-refractivity contribution in [3.05, 3.63) is 95.6 Å². The molecule has 182 valence electrons. The second-order valence-corrected chi connectivity index (χ2v) is 9.43. The van der Waals surface area contributed by atoms with Gasteiger partial charge in [-0.3, -0.25) is 14.9 Å². The third-order valence-electron chi connectivity index (χ3n) is 5.30. The summed E-state index contributed by atoms with van der Waals surface area (Å²) < 4.78 is 13.4. The van der Waals surface area contributed by atoms with Gasteiger partial charge in [0.1, 0.15) is 11.7 Å². The third kappa shape index (κ3) is 4.74. The van der Waals surface area contributed by atoms with Crippen LogP contribution in [0.15, 0.2) is 83.9 Å². The number of nitrogens with zero attached hydrogens (tertiary/aromatic N) is 5. The number of nitriles is 1. The smallest absolute Gasteiger partial charge is 0.312 e. The zero-order valence-electron chi connectivity index (χ0n) is 18.6. The van der Waals surface area contributed by atoms with Gasteiger partial charge in [-0.2, -0.15) is 15.0 Å². The number of para-hydroxylation sites is 1. The molecule has 2 heterocycles. The number of rotatable bonds is 6. The number of hydrogen-bond acceptors (Lipinski definition) is 8. The zero-order chi connectivity index (χ0) is 26.1. The molecule has 0 aliphatic rings. The standard InChI is InChI=1S/C25H13Br2N5O5/c26-16-5-6-21-15(11-16)12-22(37-21)24-30-19-4-2-1-3-17(19)25(33)31(24)29-13-14-9-18(27)23(36-8-7-28)20(10-14)32(34)35/h1-6,9-13H,8H2. The lowest BCUT2D eigenvalue weighted by Crippen LogP contribution is -2.20. The van der Waals surface area contributed by atoms with Crippen LogP contribution < -0.4 is 10.3 Å². The molecule has 0 atom stereocenters. The number of hydrogen-bond donors (Lipinski definition) is 0. The largest absolute Gasteiger partial charge is 0.471 e. The van der Waals surface area contributed by atoms with Crippen molar-refractivity contribution in [1.29, 1.82) is 5.26 Å². The van der Waals surface area contributed by atoms with Crippen LogP contribution in [-0.4, -0.2) is 27.4 Å². The van der Waals surface area contributed by atoms with Gasteiger partial charge in [0.15, 0.2) is 12.4 Å². The van der Waals surface area contributed by atoms with E-state index >= 15 is 0 Å². The van der Waals surface area contributed by atoms with Gasteiger partial charge < -0.3 is 9.15 Å². The number of fused-ring (bicyclic) bond motifs is 2. The van der Waals surface area contributed by atoms with Crippen molar-refractivity contribution in [2.75, 3.05) is 6.61 Å². The molecule has 5 aromatic rings. The summed E-state index contributed by atoms with van der Waals surface area (Å²) in [6, 6.07) is 18.7. The molecule has 0 aliphatic heterocycles. The minimum absolute atomic E-state index is 0.0811. The predicted octanol–water partition coefficient (Wildman–Crippen LogP) is 6.03. The molecule has 10 nitrogen and oxygen atoms in total. The van der Waals surface area contributed by atoms with E-state index in [1.54, 1.807) is 42.5 Å². The number of nitro groups is 1. The van der Waals surface area contributed by atoms with Crippen LogP contribution in [0.4, 0.5) is 5.69 Å². The molecular formula is C25H13Br2N5O5. The maximum absolute atomic E-state index is 13.4. The molecule has 0 bridgehead atoms. The minimum Gasteiger partial charge on any atom is -0.471 e. The fourth-order valence-corrected chi connectivity index (χ4v) is 4.66. The molecule has 2 aromatic heterocycles. The molecule has 0 spiro atoms. The van der Waals surface area contributed by atoms with E-state index in [1.807, 2.05) is 12.1 Å². The maximum atomic E-state index is 13.4. The van der Waals surface area contributed by atoms with E-state index in [4.69, 9.17) is 14.4 Å². The van der Waals surface area contributed by atoms with Crippen molar-refractivity contribution in [2.24, 2.45) is 5.10 Å². The zero-order valence-corrected chi connectivity index (χ0v) is 21.8. The Morgan fingerprint density at radius 1 is 1.19 bits per heavy atom. The first-order chi connectivity index (χ1) is 17.9. The van der Waals surface area contributed by atoms with Gasteiger partial charge in [0, 0.05) is 21.5 Å². The van der Waals surface area contributed by atoms with Gasteiger partial charge in [-0.05, 0) is 58.4 Å². The number of halogens is 2. The number of furan rings is 1. The first-order valence-corrected chi connectivity index (χ1v) is 12.2. The Hall–Kier alpha value is -4.34. The summed E-state index contributed by atoms with van der Waals surface area (Å²) in [5.41, 5.74) is 0.568. The van der Waals surface area contributed by atoms with Crippen LogP contribution in [0.3, 0.4) is 0 Å². The van der Waals surface area contributed by atoms with Crippen LogP contribution >= 0.6 is 31.9 Å². The van der Waals surface area contributed by atoms with Gasteiger partial charge in [0.25, 0.3) is 5.56 Å². The lowest BCUT2D eigenvalue weighted by molar-refractivity contribution is -0.385. The van der Waals surface area contributed by atoms with Crippen molar-refractivity contribution in [3.8, 4) is 23.4 Å². The molecule has 12 heteroatoms. The van der Waals surface area contributed by atoms with Gasteiger partial charge in [0.05, 0.1) is 26.5 Å². The molecule has 0 radical (unpaired) electrons. The third-order valence-corrected chi connectivity index (χ3v) is 6.38.